The Morgan fingerprint density at radius 3 is 2.77 bits per heavy atom. The van der Waals surface area contributed by atoms with E-state index in [9.17, 15) is 4.79 Å². The van der Waals surface area contributed by atoms with Crippen LogP contribution in [0.5, 0.6) is 0 Å². The van der Waals surface area contributed by atoms with Crippen LogP contribution in [0, 0.1) is 0 Å². The predicted octanol–water partition coefficient (Wildman–Crippen LogP) is 0.249. The summed E-state index contributed by atoms with van der Waals surface area (Å²) in [5, 5.41) is 0.999. The summed E-state index contributed by atoms with van der Waals surface area (Å²) in [5.74, 6) is 0. The molecular weight excluding hydrogens is 214 g/mol. The summed E-state index contributed by atoms with van der Waals surface area (Å²) in [4.78, 5) is 14.8. The number of thiazole rings is 1. The van der Waals surface area contributed by atoms with Crippen LogP contribution in [0.15, 0.2) is 5.38 Å². The maximum Gasteiger partial charge on any atom is 0.275 e. The first kappa shape index (κ1) is 10.4. The summed E-state index contributed by atoms with van der Waals surface area (Å²) < 4.78 is 4.78. The maximum absolute atomic E-state index is 10.9. The molecule has 1 atom stereocenters. The Morgan fingerprint density at radius 2 is 2.46 bits per heavy atom. The molecule has 7 heteroatoms. The van der Waals surface area contributed by atoms with Gasteiger partial charge < -0.3 is 10.5 Å². The van der Waals surface area contributed by atoms with E-state index >= 15 is 0 Å². The van der Waals surface area contributed by atoms with Gasteiger partial charge >= 0.3 is 0 Å². The molecule has 0 saturated heterocycles. The number of anilines is 1. The number of nitrogens with zero attached hydrogens (tertiary/aromatic N) is 1. The average Bonchev–Trinajstić information content (AvgIpc) is 2.50. The van der Waals surface area contributed by atoms with Crippen LogP contribution in [0.3, 0.4) is 0 Å². The molecular formula is C6H8ClN3O2S. The minimum absolute atomic E-state index is 0.220. The van der Waals surface area contributed by atoms with Gasteiger partial charge in [-0.05, 0) is 11.6 Å². The molecule has 0 aromatic carbocycles. The van der Waals surface area contributed by atoms with Crippen LogP contribution in [0.2, 0.25) is 0 Å². The molecule has 1 heterocycles. The fraction of sp³-hybridized carbons (Fsp3) is 0.333. The fourth-order valence-electron chi connectivity index (χ4n) is 0.744. The van der Waals surface area contributed by atoms with Crippen molar-refractivity contribution in [1.29, 1.82) is 0 Å². The number of nitrogen functional groups attached to an aromatic ring is 1. The van der Waals surface area contributed by atoms with E-state index in [1.807, 2.05) is 0 Å². The molecule has 13 heavy (non-hydrogen) atoms. The lowest BCUT2D eigenvalue weighted by Crippen LogP contribution is -2.44. The first-order chi connectivity index (χ1) is 6.00. The van der Waals surface area contributed by atoms with Crippen molar-refractivity contribution >= 4 is 33.3 Å². The number of methoxy groups -OCH3 is 1. The Bertz CT molecular complexity index is 329. The van der Waals surface area contributed by atoms with Gasteiger partial charge in [-0.1, -0.05) is 0 Å². The van der Waals surface area contributed by atoms with Crippen LogP contribution in [0.25, 0.3) is 0 Å². The van der Waals surface area contributed by atoms with Gasteiger partial charge in [-0.15, -0.1) is 11.3 Å². The zero-order valence-corrected chi connectivity index (χ0v) is 8.35. The first-order valence-corrected chi connectivity index (χ1v) is 4.52. The van der Waals surface area contributed by atoms with Gasteiger partial charge in [0.1, 0.15) is 5.69 Å². The zero-order chi connectivity index (χ0) is 10.1. The Morgan fingerprint density at radius 1 is 1.85 bits per heavy atom. The molecule has 0 bridgehead atoms. The second-order valence-corrected chi connectivity index (χ2v) is 3.52. The highest BCUT2D eigenvalue weighted by atomic mass is 35.5. The number of hydrogen-bond donors (Lipinski definition) is 2. The number of hydrogen-bond acceptors (Lipinski definition) is 6. The smallest absolute Gasteiger partial charge is 0.275 e. The summed E-state index contributed by atoms with van der Waals surface area (Å²) in [6.07, 6.45) is 0. The largest absolute Gasteiger partial charge is 0.375 e. The Kier molecular flexibility index (Phi) is 2.87. The highest BCUT2D eigenvalue weighted by Gasteiger charge is 2.37. The van der Waals surface area contributed by atoms with Gasteiger partial charge in [0.2, 0.25) is 5.72 Å². The van der Waals surface area contributed by atoms with Gasteiger partial charge in [-0.2, -0.15) is 0 Å². The standard InChI is InChI=1S/C6H8ClN3O2S/c1-12-6(9,4(7)11)3-2-13-5(8)10-3/h2H,9H2,1H3,(H2,8,10). The summed E-state index contributed by atoms with van der Waals surface area (Å²) >= 11 is 6.42. The summed E-state index contributed by atoms with van der Waals surface area (Å²) in [6.45, 7) is 0. The molecule has 4 N–H and O–H groups in total. The molecule has 0 saturated carbocycles. The van der Waals surface area contributed by atoms with E-state index in [0.29, 0.717) is 5.13 Å². The molecule has 0 radical (unpaired) electrons. The quantitative estimate of drug-likeness (QED) is 0.564. The van der Waals surface area contributed by atoms with Crippen LogP contribution in [0.1, 0.15) is 5.69 Å². The second kappa shape index (κ2) is 3.59. The maximum atomic E-state index is 10.9. The molecule has 0 aliphatic heterocycles. The topological polar surface area (TPSA) is 91.2 Å². The highest BCUT2D eigenvalue weighted by Crippen LogP contribution is 2.24. The molecule has 1 aromatic heterocycles. The number of rotatable bonds is 3. The van der Waals surface area contributed by atoms with Gasteiger partial charge in [-0.3, -0.25) is 10.5 Å². The number of carbonyl (C=O) groups is 1. The van der Waals surface area contributed by atoms with Gasteiger partial charge in [0.05, 0.1) is 0 Å². The van der Waals surface area contributed by atoms with Gasteiger partial charge in [0.15, 0.2) is 5.13 Å². The van der Waals surface area contributed by atoms with Crippen LogP contribution < -0.4 is 11.5 Å². The Balaban J connectivity index is 3.09. The van der Waals surface area contributed by atoms with E-state index in [2.05, 4.69) is 4.98 Å². The van der Waals surface area contributed by atoms with Crippen molar-refractivity contribution in [3.63, 3.8) is 0 Å². The van der Waals surface area contributed by atoms with Crippen molar-refractivity contribution in [2.75, 3.05) is 12.8 Å². The van der Waals surface area contributed by atoms with Crippen LogP contribution in [-0.4, -0.2) is 17.3 Å². The third kappa shape index (κ3) is 1.80. The lowest BCUT2D eigenvalue weighted by Gasteiger charge is -2.20. The van der Waals surface area contributed by atoms with Crippen molar-refractivity contribution in [2.45, 2.75) is 5.72 Å². The van der Waals surface area contributed by atoms with E-state index < -0.39 is 11.0 Å². The van der Waals surface area contributed by atoms with E-state index in [1.165, 1.54) is 12.5 Å². The Labute approximate surface area is 83.6 Å². The third-order valence-corrected chi connectivity index (χ3v) is 2.47. The van der Waals surface area contributed by atoms with Crippen molar-refractivity contribution in [1.82, 2.24) is 4.98 Å². The lowest BCUT2D eigenvalue weighted by atomic mass is 10.2. The van der Waals surface area contributed by atoms with Crippen molar-refractivity contribution in [3.05, 3.63) is 11.1 Å². The first-order valence-electron chi connectivity index (χ1n) is 3.26. The number of nitrogens with two attached hydrogens (primary N) is 2. The molecule has 0 amide bonds. The van der Waals surface area contributed by atoms with Gasteiger partial charge in [0, 0.05) is 12.5 Å². The van der Waals surface area contributed by atoms with Crippen molar-refractivity contribution in [3.8, 4) is 0 Å². The number of aromatic nitrogens is 1. The summed E-state index contributed by atoms with van der Waals surface area (Å²) in [5.41, 5.74) is 9.45. The van der Waals surface area contributed by atoms with E-state index in [4.69, 9.17) is 27.8 Å². The molecule has 1 unspecified atom stereocenters. The normalized spacial score (nSPS) is 15.3. The minimum Gasteiger partial charge on any atom is -0.375 e. The predicted molar refractivity (Wildman–Crippen MR) is 50.3 cm³/mol. The monoisotopic (exact) mass is 221 g/mol. The Hall–Kier alpha value is -0.690. The molecule has 1 aromatic rings. The van der Waals surface area contributed by atoms with Crippen LogP contribution in [-0.2, 0) is 15.3 Å². The van der Waals surface area contributed by atoms with Crippen molar-refractivity contribution < 1.29 is 9.53 Å². The van der Waals surface area contributed by atoms with E-state index in [1.54, 1.807) is 0 Å². The zero-order valence-electron chi connectivity index (χ0n) is 6.78. The second-order valence-electron chi connectivity index (χ2n) is 2.28. The highest BCUT2D eigenvalue weighted by molar-refractivity contribution is 7.13. The van der Waals surface area contributed by atoms with E-state index in [-0.39, 0.29) is 5.69 Å². The third-order valence-electron chi connectivity index (χ3n) is 1.52. The number of ether oxygens (including phenoxy) is 1. The molecule has 1 rings (SSSR count). The summed E-state index contributed by atoms with van der Waals surface area (Å²) in [6, 6.07) is 0. The molecule has 0 aliphatic carbocycles. The molecule has 0 fully saturated rings. The molecule has 72 valence electrons. The number of halogens is 1. The molecule has 5 nitrogen and oxygen atoms in total. The van der Waals surface area contributed by atoms with Gasteiger partial charge in [-0.25, -0.2) is 4.98 Å². The SMILES string of the molecule is COC(N)(C(=O)Cl)c1csc(N)n1. The number of carbonyl (C=O) groups excluding carboxylic acids is 1. The average molecular weight is 222 g/mol. The van der Waals surface area contributed by atoms with Crippen LogP contribution in [0.4, 0.5) is 5.13 Å². The summed E-state index contributed by atoms with van der Waals surface area (Å²) in [7, 11) is 1.27. The minimum atomic E-state index is -1.70. The molecule has 0 spiro atoms. The van der Waals surface area contributed by atoms with Crippen LogP contribution >= 0.6 is 22.9 Å². The fourth-order valence-corrected chi connectivity index (χ4v) is 1.53. The van der Waals surface area contributed by atoms with E-state index in [0.717, 1.165) is 11.3 Å². The molecule has 0 aliphatic rings. The van der Waals surface area contributed by atoms with Crippen molar-refractivity contribution in [2.24, 2.45) is 5.73 Å². The lowest BCUT2D eigenvalue weighted by molar-refractivity contribution is -0.133. The van der Waals surface area contributed by atoms with Gasteiger partial charge in [0.25, 0.3) is 5.24 Å².